The van der Waals surface area contributed by atoms with Crippen molar-refractivity contribution in [2.24, 2.45) is 0 Å². The molecule has 0 bridgehead atoms. The zero-order valence-corrected chi connectivity index (χ0v) is 20.6. The fraction of sp³-hybridized carbons (Fsp3) is 0.632. The predicted molar refractivity (Wildman–Crippen MR) is 108 cm³/mol. The zero-order valence-electron chi connectivity index (χ0n) is 16.6. The first-order valence-electron chi connectivity index (χ1n) is 9.78. The molecule has 2 N–H and O–H groups in total. The molecule has 29 heavy (non-hydrogen) atoms. The molecule has 2 aliphatic carbocycles. The number of carbonyl (C=O) groups excluding carboxylic acids is 1. The van der Waals surface area contributed by atoms with Crippen LogP contribution in [0.25, 0.3) is 0 Å². The monoisotopic (exact) mass is 452 g/mol. The molecule has 0 unspecified atom stereocenters. The molecule has 155 valence electrons. The molecule has 10 heteroatoms. The second-order valence-corrected chi connectivity index (χ2v) is 9.83. The van der Waals surface area contributed by atoms with E-state index in [0.29, 0.717) is 0 Å². The molecule has 1 aromatic carbocycles. The molecular weight excluding hydrogens is 427 g/mol. The van der Waals surface area contributed by atoms with Gasteiger partial charge in [0.25, 0.3) is 0 Å². The number of nitrogens with zero attached hydrogens (tertiary/aromatic N) is 1. The zero-order chi connectivity index (χ0) is 19.9. The van der Waals surface area contributed by atoms with Gasteiger partial charge in [-0.2, -0.15) is 0 Å². The second-order valence-electron chi connectivity index (χ2n) is 7.87. The molecule has 0 saturated carbocycles. The van der Waals surface area contributed by atoms with E-state index in [9.17, 15) is 22.0 Å². The van der Waals surface area contributed by atoms with Crippen LogP contribution in [0.15, 0.2) is 6.07 Å². The molecule has 0 atom stereocenters. The van der Waals surface area contributed by atoms with E-state index in [-0.39, 0.29) is 64.5 Å². The van der Waals surface area contributed by atoms with Gasteiger partial charge in [-0.1, -0.05) is 6.07 Å². The van der Waals surface area contributed by atoms with Crippen molar-refractivity contribution < 1.29 is 22.0 Å². The SMILES string of the molecule is O=C(Nc1c2c(cc3c1CCC3)CCC2)NS(=O)(=O)C1CN(C(CF)CF)C1.[K]. The maximum Gasteiger partial charge on any atom is 0.332 e. The fourth-order valence-corrected chi connectivity index (χ4v) is 5.77. The first-order valence-corrected chi connectivity index (χ1v) is 11.3. The van der Waals surface area contributed by atoms with Gasteiger partial charge in [-0.05, 0) is 60.8 Å². The minimum Gasteiger partial charge on any atom is -0.307 e. The van der Waals surface area contributed by atoms with Gasteiger partial charge in [-0.15, -0.1) is 0 Å². The van der Waals surface area contributed by atoms with Crippen molar-refractivity contribution in [2.45, 2.75) is 49.8 Å². The summed E-state index contributed by atoms with van der Waals surface area (Å²) in [5.74, 6) is 0. The van der Waals surface area contributed by atoms with Gasteiger partial charge in [0.2, 0.25) is 10.0 Å². The number of benzene rings is 1. The van der Waals surface area contributed by atoms with Crippen LogP contribution in [-0.2, 0) is 35.7 Å². The van der Waals surface area contributed by atoms with Gasteiger partial charge in [0, 0.05) is 70.2 Å². The maximum atomic E-state index is 12.7. The Morgan fingerprint density at radius 1 is 1.07 bits per heavy atom. The number of alkyl halides is 2. The molecule has 1 saturated heterocycles. The molecule has 0 spiro atoms. The van der Waals surface area contributed by atoms with Crippen LogP contribution in [-0.4, -0.2) is 108 Å². The van der Waals surface area contributed by atoms with E-state index in [1.165, 1.54) is 16.0 Å². The summed E-state index contributed by atoms with van der Waals surface area (Å²) in [5, 5.41) is 1.95. The van der Waals surface area contributed by atoms with Crippen molar-refractivity contribution >= 4 is 73.1 Å². The minimum atomic E-state index is -3.90. The molecule has 3 aliphatic rings. The number of carbonyl (C=O) groups is 1. The number of sulfonamides is 1. The number of fused-ring (bicyclic) bond motifs is 2. The minimum absolute atomic E-state index is 0. The third-order valence-electron chi connectivity index (χ3n) is 6.13. The van der Waals surface area contributed by atoms with Crippen LogP contribution >= 0.6 is 0 Å². The van der Waals surface area contributed by atoms with Crippen molar-refractivity contribution in [3.63, 3.8) is 0 Å². The number of hydrogen-bond acceptors (Lipinski definition) is 4. The van der Waals surface area contributed by atoms with Crippen molar-refractivity contribution in [1.29, 1.82) is 0 Å². The van der Waals surface area contributed by atoms with Crippen molar-refractivity contribution in [3.05, 3.63) is 28.3 Å². The summed E-state index contributed by atoms with van der Waals surface area (Å²) < 4.78 is 52.4. The Morgan fingerprint density at radius 2 is 1.62 bits per heavy atom. The standard InChI is InChI=1S/C19H25F2N3O3S.K/c20-8-14(9-21)24-10-15(11-24)28(26,27)23-19(25)22-18-16-5-1-3-12(16)7-13-4-2-6-17(13)18;/h7,14-15H,1-6,8-11H2,(H2,22,23,25);. The second kappa shape index (κ2) is 9.58. The van der Waals surface area contributed by atoms with Crippen LogP contribution in [0.2, 0.25) is 0 Å². The van der Waals surface area contributed by atoms with Crippen LogP contribution in [0, 0.1) is 0 Å². The number of urea groups is 1. The molecule has 4 rings (SSSR count). The third kappa shape index (κ3) is 4.73. The first kappa shape index (κ1) is 23.6. The van der Waals surface area contributed by atoms with Crippen molar-refractivity contribution in [2.75, 3.05) is 31.8 Å². The number of halogens is 2. The summed E-state index contributed by atoms with van der Waals surface area (Å²) >= 11 is 0. The predicted octanol–water partition coefficient (Wildman–Crippen LogP) is 1.73. The summed E-state index contributed by atoms with van der Waals surface area (Å²) in [6.07, 6.45) is 5.82. The average Bonchev–Trinajstić information content (AvgIpc) is 3.25. The van der Waals surface area contributed by atoms with Crippen molar-refractivity contribution in [3.8, 4) is 0 Å². The average molecular weight is 453 g/mol. The summed E-state index contributed by atoms with van der Waals surface area (Å²) in [6.45, 7) is -1.67. The van der Waals surface area contributed by atoms with Crippen molar-refractivity contribution in [1.82, 2.24) is 9.62 Å². The number of nitrogens with one attached hydrogen (secondary N) is 2. The smallest absolute Gasteiger partial charge is 0.307 e. The van der Waals surface area contributed by atoms with Crippen LogP contribution in [0.3, 0.4) is 0 Å². The number of amides is 2. The molecule has 1 heterocycles. The molecule has 1 radical (unpaired) electrons. The van der Waals surface area contributed by atoms with E-state index in [2.05, 4.69) is 16.1 Å². The van der Waals surface area contributed by atoms with Crippen LogP contribution in [0.5, 0.6) is 0 Å². The summed E-state index contributed by atoms with van der Waals surface area (Å²) in [5.41, 5.74) is 5.52. The summed E-state index contributed by atoms with van der Waals surface area (Å²) in [4.78, 5) is 13.9. The van der Waals surface area contributed by atoms with E-state index in [4.69, 9.17) is 0 Å². The van der Waals surface area contributed by atoms with Gasteiger partial charge in [-0.25, -0.2) is 26.7 Å². The van der Waals surface area contributed by atoms with E-state index in [1.807, 2.05) is 0 Å². The maximum absolute atomic E-state index is 12.7. The summed E-state index contributed by atoms with van der Waals surface area (Å²) in [7, 11) is -3.90. The molecule has 2 amide bonds. The Balaban J connectivity index is 0.00000240. The molecule has 1 fully saturated rings. The molecule has 1 aliphatic heterocycles. The third-order valence-corrected chi connectivity index (χ3v) is 7.78. The Kier molecular flexibility index (Phi) is 7.78. The van der Waals surface area contributed by atoms with Gasteiger partial charge in [-0.3, -0.25) is 4.90 Å². The molecule has 6 nitrogen and oxygen atoms in total. The topological polar surface area (TPSA) is 78.5 Å². The Bertz CT molecular complexity index is 855. The quantitative estimate of drug-likeness (QED) is 0.645. The van der Waals surface area contributed by atoms with E-state index in [0.717, 1.165) is 55.3 Å². The van der Waals surface area contributed by atoms with Gasteiger partial charge >= 0.3 is 6.03 Å². The number of hydrogen-bond donors (Lipinski definition) is 2. The van der Waals surface area contributed by atoms with Crippen LogP contribution in [0.4, 0.5) is 19.3 Å². The van der Waals surface area contributed by atoms with E-state index < -0.39 is 40.7 Å². The summed E-state index contributed by atoms with van der Waals surface area (Å²) in [6, 6.07) is 0.565. The van der Waals surface area contributed by atoms with E-state index >= 15 is 0 Å². The Hall–Kier alpha value is -0.104. The Labute approximate surface area is 212 Å². The number of likely N-dealkylation sites (tertiary alicyclic amines) is 1. The number of anilines is 1. The molecular formula is C19H25F2KN3O3S. The van der Waals surface area contributed by atoms with Gasteiger partial charge < -0.3 is 5.32 Å². The fourth-order valence-electron chi connectivity index (χ4n) is 4.52. The van der Waals surface area contributed by atoms with Gasteiger partial charge in [0.1, 0.15) is 18.6 Å². The molecule has 1 aromatic rings. The molecule has 0 aromatic heterocycles. The number of aryl methyl sites for hydroxylation is 2. The van der Waals surface area contributed by atoms with Gasteiger partial charge in [0.15, 0.2) is 0 Å². The number of rotatable bonds is 6. The van der Waals surface area contributed by atoms with Crippen LogP contribution in [0.1, 0.15) is 35.1 Å². The first-order chi connectivity index (χ1) is 13.4. The van der Waals surface area contributed by atoms with E-state index in [1.54, 1.807) is 0 Å². The largest absolute Gasteiger partial charge is 0.332 e. The normalized spacial score (nSPS) is 18.7. The van der Waals surface area contributed by atoms with Crippen LogP contribution < -0.4 is 10.0 Å². The Morgan fingerprint density at radius 3 is 2.14 bits per heavy atom. The van der Waals surface area contributed by atoms with Gasteiger partial charge in [0.05, 0.1) is 6.04 Å².